The Kier molecular flexibility index (Phi) is 3.91. The molecule has 3 N–H and O–H groups in total. The van der Waals surface area contributed by atoms with Gasteiger partial charge in [0.2, 0.25) is 0 Å². The number of halogens is 1. The van der Waals surface area contributed by atoms with Gasteiger partial charge in [-0.2, -0.15) is 0 Å². The van der Waals surface area contributed by atoms with Crippen molar-refractivity contribution in [1.29, 1.82) is 0 Å². The third kappa shape index (κ3) is 2.89. The summed E-state index contributed by atoms with van der Waals surface area (Å²) in [4.78, 5) is 22.1. The quantitative estimate of drug-likeness (QED) is 0.803. The lowest BCUT2D eigenvalue weighted by Gasteiger charge is -2.11. The highest BCUT2D eigenvalue weighted by atomic mass is 35.5. The number of hydrogen-bond donors (Lipinski definition) is 3. The second kappa shape index (κ2) is 5.63. The molecule has 6 heteroatoms. The fourth-order valence-electron chi connectivity index (χ4n) is 1.67. The average Bonchev–Trinajstić information content (AvgIpc) is 2.41. The Morgan fingerprint density at radius 1 is 0.950 bits per heavy atom. The van der Waals surface area contributed by atoms with Crippen LogP contribution < -0.4 is 5.32 Å². The van der Waals surface area contributed by atoms with Crippen LogP contribution in [0.5, 0.6) is 0 Å². The summed E-state index contributed by atoms with van der Waals surface area (Å²) in [6.45, 7) is 0. The molecule has 0 saturated heterocycles. The van der Waals surface area contributed by atoms with Crippen molar-refractivity contribution in [3.63, 3.8) is 0 Å². The molecule has 0 aromatic heterocycles. The summed E-state index contributed by atoms with van der Waals surface area (Å²) in [6, 6.07) is 10.5. The normalized spacial score (nSPS) is 10.1. The van der Waals surface area contributed by atoms with Crippen molar-refractivity contribution in [2.45, 2.75) is 0 Å². The van der Waals surface area contributed by atoms with Crippen molar-refractivity contribution in [3.8, 4) is 0 Å². The predicted octanol–water partition coefficient (Wildman–Crippen LogP) is 3.48. The van der Waals surface area contributed by atoms with Crippen LogP contribution >= 0.6 is 11.6 Å². The summed E-state index contributed by atoms with van der Waals surface area (Å²) in [6.07, 6.45) is 0. The zero-order chi connectivity index (χ0) is 14.7. The molecule has 0 amide bonds. The molecule has 0 unspecified atom stereocenters. The van der Waals surface area contributed by atoms with E-state index in [1.807, 2.05) is 0 Å². The van der Waals surface area contributed by atoms with Gasteiger partial charge in [-0.3, -0.25) is 0 Å². The van der Waals surface area contributed by atoms with Crippen LogP contribution in [0.4, 0.5) is 11.4 Å². The van der Waals surface area contributed by atoms with Gasteiger partial charge in [-0.15, -0.1) is 0 Å². The molecule has 2 rings (SSSR count). The first-order valence-electron chi connectivity index (χ1n) is 5.61. The van der Waals surface area contributed by atoms with Crippen LogP contribution in [-0.4, -0.2) is 22.2 Å². The number of carbonyl (C=O) groups is 2. The minimum Gasteiger partial charge on any atom is -0.478 e. The monoisotopic (exact) mass is 291 g/mol. The Balaban J connectivity index is 2.48. The molecule has 0 atom stereocenters. The molecule has 0 saturated carbocycles. The number of anilines is 2. The largest absolute Gasteiger partial charge is 0.478 e. The van der Waals surface area contributed by atoms with Gasteiger partial charge >= 0.3 is 11.9 Å². The Morgan fingerprint density at radius 3 is 2.25 bits per heavy atom. The fourth-order valence-corrected chi connectivity index (χ4v) is 1.86. The van der Waals surface area contributed by atoms with Gasteiger partial charge in [-0.05, 0) is 30.3 Å². The minimum absolute atomic E-state index is 0.00967. The summed E-state index contributed by atoms with van der Waals surface area (Å²) < 4.78 is 0. The van der Waals surface area contributed by atoms with E-state index in [1.54, 1.807) is 24.3 Å². The molecule has 0 radical (unpaired) electrons. The van der Waals surface area contributed by atoms with Crippen LogP contribution in [0.3, 0.4) is 0 Å². The van der Waals surface area contributed by atoms with Crippen LogP contribution in [-0.2, 0) is 0 Å². The Bertz CT molecular complexity index is 685. The number of benzene rings is 2. The maximum Gasteiger partial charge on any atom is 0.337 e. The van der Waals surface area contributed by atoms with Crippen LogP contribution in [0.25, 0.3) is 0 Å². The molecule has 0 bridgehead atoms. The lowest BCUT2D eigenvalue weighted by Crippen LogP contribution is -2.06. The molecule has 0 spiro atoms. The second-order valence-corrected chi connectivity index (χ2v) is 4.38. The zero-order valence-electron chi connectivity index (χ0n) is 10.1. The number of rotatable bonds is 4. The van der Waals surface area contributed by atoms with E-state index in [2.05, 4.69) is 5.32 Å². The summed E-state index contributed by atoms with van der Waals surface area (Å²) in [7, 11) is 0. The first-order valence-corrected chi connectivity index (χ1v) is 5.99. The van der Waals surface area contributed by atoms with E-state index in [-0.39, 0.29) is 16.8 Å². The number of nitrogens with one attached hydrogen (secondary N) is 1. The molecule has 0 aliphatic carbocycles. The number of para-hydroxylation sites is 1. The molecule has 20 heavy (non-hydrogen) atoms. The number of carboxylic acid groups (broad SMARTS) is 2. The topological polar surface area (TPSA) is 86.6 Å². The third-order valence-corrected chi connectivity index (χ3v) is 2.97. The molecule has 0 fully saturated rings. The first-order chi connectivity index (χ1) is 9.49. The molecule has 0 heterocycles. The SMILES string of the molecule is O=C(O)c1ccc(C(=O)O)c(Nc2ccccc2Cl)c1. The molecule has 2 aromatic rings. The molecule has 0 aliphatic heterocycles. The van der Waals surface area contributed by atoms with E-state index in [4.69, 9.17) is 21.8 Å². The average molecular weight is 292 g/mol. The van der Waals surface area contributed by atoms with Gasteiger partial charge < -0.3 is 15.5 Å². The van der Waals surface area contributed by atoms with E-state index < -0.39 is 11.9 Å². The molecule has 5 nitrogen and oxygen atoms in total. The van der Waals surface area contributed by atoms with Crippen LogP contribution in [0, 0.1) is 0 Å². The summed E-state index contributed by atoms with van der Waals surface area (Å²) in [5.74, 6) is -2.29. The highest BCUT2D eigenvalue weighted by Gasteiger charge is 2.14. The molecule has 2 aromatic carbocycles. The lowest BCUT2D eigenvalue weighted by atomic mass is 10.1. The summed E-state index contributed by atoms with van der Waals surface area (Å²) >= 11 is 5.98. The van der Waals surface area contributed by atoms with Gasteiger partial charge in [0.05, 0.1) is 27.5 Å². The van der Waals surface area contributed by atoms with E-state index in [9.17, 15) is 9.59 Å². The Hall–Kier alpha value is -2.53. The maximum absolute atomic E-state index is 11.2. The van der Waals surface area contributed by atoms with Gasteiger partial charge in [-0.1, -0.05) is 23.7 Å². The molecule has 0 aliphatic rings. The van der Waals surface area contributed by atoms with Crippen LogP contribution in [0.1, 0.15) is 20.7 Å². The third-order valence-electron chi connectivity index (χ3n) is 2.64. The van der Waals surface area contributed by atoms with Gasteiger partial charge in [-0.25, -0.2) is 9.59 Å². The van der Waals surface area contributed by atoms with Crippen LogP contribution in [0.2, 0.25) is 5.02 Å². The standard InChI is InChI=1S/C14H10ClNO4/c15-10-3-1-2-4-11(10)16-12-7-8(13(17)18)5-6-9(12)14(19)20/h1-7,16H,(H,17,18)(H,19,20). The van der Waals surface area contributed by atoms with E-state index in [0.29, 0.717) is 10.7 Å². The van der Waals surface area contributed by atoms with Gasteiger partial charge in [0.1, 0.15) is 0 Å². The molecular formula is C14H10ClNO4. The smallest absolute Gasteiger partial charge is 0.337 e. The van der Waals surface area contributed by atoms with E-state index >= 15 is 0 Å². The summed E-state index contributed by atoms with van der Waals surface area (Å²) in [5, 5.41) is 21.3. The Morgan fingerprint density at radius 2 is 1.65 bits per heavy atom. The van der Waals surface area contributed by atoms with Gasteiger partial charge in [0.25, 0.3) is 0 Å². The van der Waals surface area contributed by atoms with Crippen LogP contribution in [0.15, 0.2) is 42.5 Å². The summed E-state index contributed by atoms with van der Waals surface area (Å²) in [5.41, 5.74) is 0.629. The van der Waals surface area contributed by atoms with E-state index in [0.717, 1.165) is 0 Å². The van der Waals surface area contributed by atoms with Gasteiger partial charge in [0.15, 0.2) is 0 Å². The minimum atomic E-state index is -1.16. The molecule has 102 valence electrons. The lowest BCUT2D eigenvalue weighted by molar-refractivity contribution is 0.0682. The van der Waals surface area contributed by atoms with Crippen molar-refractivity contribution < 1.29 is 19.8 Å². The van der Waals surface area contributed by atoms with Crippen molar-refractivity contribution in [3.05, 3.63) is 58.6 Å². The number of aromatic carboxylic acids is 2. The van der Waals surface area contributed by atoms with Crippen molar-refractivity contribution in [2.75, 3.05) is 5.32 Å². The highest BCUT2D eigenvalue weighted by molar-refractivity contribution is 6.33. The van der Waals surface area contributed by atoms with Crippen molar-refractivity contribution in [2.24, 2.45) is 0 Å². The predicted molar refractivity (Wildman–Crippen MR) is 75.1 cm³/mol. The van der Waals surface area contributed by atoms with Crippen molar-refractivity contribution in [1.82, 2.24) is 0 Å². The van der Waals surface area contributed by atoms with Crippen molar-refractivity contribution >= 4 is 34.9 Å². The maximum atomic E-state index is 11.2. The second-order valence-electron chi connectivity index (χ2n) is 3.98. The zero-order valence-corrected chi connectivity index (χ0v) is 10.9. The highest BCUT2D eigenvalue weighted by Crippen LogP contribution is 2.27. The van der Waals surface area contributed by atoms with Gasteiger partial charge in [0, 0.05) is 0 Å². The number of carboxylic acids is 2. The first kappa shape index (κ1) is 13.9. The molecular weight excluding hydrogens is 282 g/mol. The fraction of sp³-hybridized carbons (Fsp3) is 0. The Labute approximate surface area is 119 Å². The van der Waals surface area contributed by atoms with E-state index in [1.165, 1.54) is 18.2 Å². The number of hydrogen-bond acceptors (Lipinski definition) is 3.